The Balaban J connectivity index is 0.000000177. The van der Waals surface area contributed by atoms with E-state index in [2.05, 4.69) is 140 Å². The first-order valence-corrected chi connectivity index (χ1v) is 22.8. The third-order valence-corrected chi connectivity index (χ3v) is 17.3. The van der Waals surface area contributed by atoms with Gasteiger partial charge in [-0.25, -0.2) is 18.1 Å². The Morgan fingerprint density at radius 2 is 1.23 bits per heavy atom. The second-order valence-electron chi connectivity index (χ2n) is 18.4. The summed E-state index contributed by atoms with van der Waals surface area (Å²) in [7, 11) is 0. The molecule has 5 heteroatoms. The van der Waals surface area contributed by atoms with Crippen molar-refractivity contribution in [2.75, 3.05) is 0 Å². The molecule has 0 bridgehead atoms. The molecule has 0 heterocycles. The van der Waals surface area contributed by atoms with Gasteiger partial charge in [-0.05, 0) is 40.6 Å². The van der Waals surface area contributed by atoms with Crippen LogP contribution < -0.4 is 24.8 Å². The molecular weight excluding hydrogens is 894 g/mol. The normalized spacial score (nSPS) is 21.2. The number of hydrogen-bond acceptors (Lipinski definition) is 0. The van der Waals surface area contributed by atoms with Crippen molar-refractivity contribution in [2.45, 2.75) is 74.7 Å². The molecule has 0 nitrogen and oxygen atoms in total. The van der Waals surface area contributed by atoms with E-state index in [1.165, 1.54) is 73.3 Å². The number of halogens is 4. The average molecular weight is 948 g/mol. The maximum absolute atomic E-state index is 6.38. The molecule has 4 aliphatic carbocycles. The Hall–Kier alpha value is -3.03. The van der Waals surface area contributed by atoms with Crippen LogP contribution in [0.4, 0.5) is 0 Å². The Bertz CT molecular complexity index is 2550. The first-order valence-electron chi connectivity index (χ1n) is 20.8. The van der Waals surface area contributed by atoms with Gasteiger partial charge in [0, 0.05) is 0 Å². The second kappa shape index (κ2) is 17.6. The average Bonchev–Trinajstić information content (AvgIpc) is 3.92. The summed E-state index contributed by atoms with van der Waals surface area (Å²) >= 11 is 14.1. The van der Waals surface area contributed by atoms with E-state index in [-0.39, 0.29) is 46.5 Å². The van der Waals surface area contributed by atoms with Gasteiger partial charge in [0.05, 0.1) is 0 Å². The monoisotopic (exact) mass is 944 g/mol. The number of rotatable bonds is 2. The molecule has 0 aliphatic heterocycles. The summed E-state index contributed by atoms with van der Waals surface area (Å²) in [6, 6.07) is 44.0. The van der Waals surface area contributed by atoms with Crippen molar-refractivity contribution in [1.82, 2.24) is 0 Å². The molecule has 0 saturated heterocycles. The summed E-state index contributed by atoms with van der Waals surface area (Å²) in [5.74, 6) is 2.24. The van der Waals surface area contributed by atoms with Crippen molar-refractivity contribution < 1.29 is 49.0 Å². The summed E-state index contributed by atoms with van der Waals surface area (Å²) in [4.78, 5) is 0. The van der Waals surface area contributed by atoms with Gasteiger partial charge in [0.15, 0.2) is 0 Å². The van der Waals surface area contributed by atoms with Crippen LogP contribution in [0.1, 0.15) is 90.5 Å². The van der Waals surface area contributed by atoms with Crippen molar-refractivity contribution in [3.8, 4) is 0 Å². The molecule has 0 N–H and O–H groups in total. The minimum absolute atomic E-state index is 0. The van der Waals surface area contributed by atoms with Crippen LogP contribution in [0.15, 0.2) is 156 Å². The van der Waals surface area contributed by atoms with Gasteiger partial charge >= 0.3 is 166 Å². The third-order valence-electron chi connectivity index (χ3n) is 15.5. The zero-order chi connectivity index (χ0) is 41.2. The Kier molecular flexibility index (Phi) is 13.7. The SMILES string of the molecule is C[C-]1C2=C3Cc4ccccc4C3=C3C=CCCC3C2(C)C(C)(C)C(C)(C)C1(C)C.Clc1cc([C](=[Zr+2])c2cc(Cl)cc3ccccc23)c2ccccc2c1.[Cl-].[Cl-].c1cc[cH-]c1. The van der Waals surface area contributed by atoms with Crippen LogP contribution in [-0.2, 0) is 30.7 Å². The van der Waals surface area contributed by atoms with Crippen molar-refractivity contribution in [2.24, 2.45) is 27.6 Å². The van der Waals surface area contributed by atoms with E-state index in [9.17, 15) is 0 Å². The molecule has 0 radical (unpaired) electrons. The van der Waals surface area contributed by atoms with Gasteiger partial charge in [-0.2, -0.15) is 29.3 Å². The maximum Gasteiger partial charge on any atom is -0.172 e. The van der Waals surface area contributed by atoms with Gasteiger partial charge < -0.3 is 24.8 Å². The third kappa shape index (κ3) is 7.41. The van der Waals surface area contributed by atoms with Gasteiger partial charge in [-0.1, -0.05) is 113 Å². The van der Waals surface area contributed by atoms with E-state index < -0.39 is 0 Å². The summed E-state index contributed by atoms with van der Waals surface area (Å²) < 4.78 is 1.26. The predicted molar refractivity (Wildman–Crippen MR) is 247 cm³/mol. The van der Waals surface area contributed by atoms with Crippen molar-refractivity contribution in [3.05, 3.63) is 194 Å². The van der Waals surface area contributed by atoms with Crippen molar-refractivity contribution >= 4 is 53.5 Å². The summed E-state index contributed by atoms with van der Waals surface area (Å²) in [5, 5.41) is 6.28. The molecule has 1 fully saturated rings. The molecule has 0 aromatic heterocycles. The zero-order valence-corrected chi connectivity index (χ0v) is 41.5. The smallest absolute Gasteiger partial charge is 0.172 e. The van der Waals surface area contributed by atoms with E-state index in [4.69, 9.17) is 23.2 Å². The molecule has 10 rings (SSSR count). The number of hydrogen-bond donors (Lipinski definition) is 0. The maximum atomic E-state index is 6.38. The van der Waals surface area contributed by atoms with Crippen LogP contribution >= 0.6 is 23.2 Å². The molecule has 308 valence electrons. The van der Waals surface area contributed by atoms with Gasteiger partial charge in [0.1, 0.15) is 0 Å². The van der Waals surface area contributed by atoms with Crippen LogP contribution in [0, 0.1) is 33.5 Å². The summed E-state index contributed by atoms with van der Waals surface area (Å²) in [6.07, 6.45) is 8.50. The zero-order valence-electron chi connectivity index (χ0n) is 36.0. The minimum atomic E-state index is 0. The van der Waals surface area contributed by atoms with Crippen LogP contribution in [0.25, 0.3) is 27.1 Å². The van der Waals surface area contributed by atoms with Gasteiger partial charge in [0.2, 0.25) is 0 Å². The molecule has 60 heavy (non-hydrogen) atoms. The van der Waals surface area contributed by atoms with Gasteiger partial charge in [-0.15, -0.1) is 6.92 Å². The molecule has 6 aromatic carbocycles. The first kappa shape index (κ1) is 46.5. The van der Waals surface area contributed by atoms with E-state index in [1.54, 1.807) is 28.2 Å². The first-order chi connectivity index (χ1) is 27.6. The van der Waals surface area contributed by atoms with E-state index in [0.29, 0.717) is 5.92 Å². The fourth-order valence-electron chi connectivity index (χ4n) is 11.0. The van der Waals surface area contributed by atoms with E-state index in [1.807, 2.05) is 54.6 Å². The summed E-state index contributed by atoms with van der Waals surface area (Å²) in [5.41, 5.74) is 12.7. The molecule has 4 aliphatic rings. The van der Waals surface area contributed by atoms with Crippen LogP contribution in [0.5, 0.6) is 0 Å². The van der Waals surface area contributed by atoms with Crippen LogP contribution in [0.2, 0.25) is 10.0 Å². The molecule has 2 atom stereocenters. The van der Waals surface area contributed by atoms with E-state index >= 15 is 0 Å². The molecule has 2 unspecified atom stereocenters. The van der Waals surface area contributed by atoms with Gasteiger partial charge in [0.25, 0.3) is 0 Å². The summed E-state index contributed by atoms with van der Waals surface area (Å²) in [6.45, 7) is 20.3. The predicted octanol–water partition coefficient (Wildman–Crippen LogP) is 9.79. The fraction of sp³-hybridized carbons (Fsp3) is 0.291. The molecule has 0 spiro atoms. The topological polar surface area (TPSA) is 0 Å². The number of fused-ring (bicyclic) bond motifs is 8. The Morgan fingerprint density at radius 3 is 1.78 bits per heavy atom. The van der Waals surface area contributed by atoms with Crippen molar-refractivity contribution in [3.63, 3.8) is 0 Å². The standard InChI is InChI=1S/C29H37.C21H12Cl2.C5H5.2ClH.Zr/c1-18-25-22-17-19-13-9-10-14-20(19)24(22)21-15-11-12-16-23(21)29(25,8)28(6,7)27(4,5)26(18,2)3;22-18-10-14-5-1-3-7-20(14)16(12-18)9-17-13-19(23)11-15-6-2-4-8-21(15)17;1-2-4-5-3-1;;;/h9-11,13-15,23H,12,16-17H2,1-8H3;1-8,10-13H;1-5H;2*1H;/q-1;;-1;;;+2/p-2. The molecular formula is C55H54Cl4Zr-2. The van der Waals surface area contributed by atoms with E-state index in [0.717, 1.165) is 27.2 Å². The number of allylic oxidation sites excluding steroid dienone is 6. The largest absolute Gasteiger partial charge is 1.00 e. The quantitative estimate of drug-likeness (QED) is 0.152. The Labute approximate surface area is 396 Å². The fourth-order valence-corrected chi connectivity index (χ4v) is 12.5. The van der Waals surface area contributed by atoms with Gasteiger partial charge in [-0.3, -0.25) is 0 Å². The van der Waals surface area contributed by atoms with Crippen molar-refractivity contribution in [1.29, 1.82) is 0 Å². The van der Waals surface area contributed by atoms with Crippen LogP contribution in [-0.4, -0.2) is 3.21 Å². The van der Waals surface area contributed by atoms with Crippen LogP contribution in [0.3, 0.4) is 0 Å². The minimum Gasteiger partial charge on any atom is -1.00 e. The number of benzene rings is 5. The second-order valence-corrected chi connectivity index (χ2v) is 20.5. The molecule has 6 aromatic rings. The molecule has 0 amide bonds. The molecule has 1 saturated carbocycles. The Morgan fingerprint density at radius 1 is 0.700 bits per heavy atom.